The third kappa shape index (κ3) is 3.35. The Morgan fingerprint density at radius 1 is 1.36 bits per heavy atom. The number of carbonyl (C=O) groups excluding carboxylic acids is 1. The van der Waals surface area contributed by atoms with Gasteiger partial charge in [0.1, 0.15) is 6.29 Å². The first-order valence-electron chi connectivity index (χ1n) is 4.54. The van der Waals surface area contributed by atoms with Gasteiger partial charge in [-0.15, -0.1) is 11.6 Å². The second kappa shape index (κ2) is 5.61. The van der Waals surface area contributed by atoms with Gasteiger partial charge in [0, 0.05) is 5.88 Å². The van der Waals surface area contributed by atoms with E-state index in [-0.39, 0.29) is 0 Å². The van der Waals surface area contributed by atoms with E-state index in [1.165, 1.54) is 5.56 Å². The molecule has 0 unspecified atom stereocenters. The molecule has 0 aliphatic carbocycles. The highest BCUT2D eigenvalue weighted by Crippen LogP contribution is 2.10. The average Bonchev–Trinajstić information content (AvgIpc) is 2.20. The van der Waals surface area contributed by atoms with Crippen molar-refractivity contribution in [3.05, 3.63) is 41.0 Å². The molecule has 0 aromatic heterocycles. The number of allylic oxidation sites excluding steroid dienone is 1. The summed E-state index contributed by atoms with van der Waals surface area (Å²) in [4.78, 5) is 10.6. The first kappa shape index (κ1) is 11.0. The van der Waals surface area contributed by atoms with Crippen LogP contribution in [0.25, 0.3) is 6.08 Å². The second-order valence-electron chi connectivity index (χ2n) is 3.19. The molecule has 0 radical (unpaired) electrons. The predicted molar refractivity (Wildman–Crippen MR) is 60.6 cm³/mol. The minimum absolute atomic E-state index is 0.483. The predicted octanol–water partition coefficient (Wildman–Crippen LogP) is 3.21. The van der Waals surface area contributed by atoms with E-state index in [1.807, 2.05) is 37.3 Å². The number of alkyl halides is 1. The highest BCUT2D eigenvalue weighted by atomic mass is 35.5. The van der Waals surface area contributed by atoms with Crippen LogP contribution in [0.3, 0.4) is 0 Å². The molecule has 0 aliphatic rings. The van der Waals surface area contributed by atoms with Crippen LogP contribution in [-0.4, -0.2) is 12.2 Å². The van der Waals surface area contributed by atoms with Crippen molar-refractivity contribution in [2.45, 2.75) is 13.3 Å². The zero-order valence-corrected chi connectivity index (χ0v) is 8.92. The Hall–Kier alpha value is -1.08. The number of hydrogen-bond acceptors (Lipinski definition) is 1. The lowest BCUT2D eigenvalue weighted by Crippen LogP contribution is -1.86. The number of aryl methyl sites for hydroxylation is 1. The maximum Gasteiger partial charge on any atom is 0.146 e. The Morgan fingerprint density at radius 3 is 2.50 bits per heavy atom. The quantitative estimate of drug-likeness (QED) is 0.422. The van der Waals surface area contributed by atoms with Crippen LogP contribution in [0, 0.1) is 6.92 Å². The Kier molecular flexibility index (Phi) is 4.41. The third-order valence-electron chi connectivity index (χ3n) is 1.96. The molecule has 14 heavy (non-hydrogen) atoms. The van der Waals surface area contributed by atoms with Crippen LogP contribution in [0.15, 0.2) is 29.8 Å². The number of hydrogen-bond donors (Lipinski definition) is 0. The second-order valence-corrected chi connectivity index (χ2v) is 3.56. The zero-order valence-electron chi connectivity index (χ0n) is 8.16. The van der Waals surface area contributed by atoms with E-state index in [0.29, 0.717) is 12.3 Å². The summed E-state index contributed by atoms with van der Waals surface area (Å²) in [6.07, 6.45) is 3.36. The highest BCUT2D eigenvalue weighted by molar-refractivity contribution is 6.18. The van der Waals surface area contributed by atoms with Gasteiger partial charge in [-0.05, 0) is 30.6 Å². The fourth-order valence-corrected chi connectivity index (χ4v) is 1.37. The van der Waals surface area contributed by atoms with Gasteiger partial charge < -0.3 is 0 Å². The van der Waals surface area contributed by atoms with Gasteiger partial charge in [-0.2, -0.15) is 0 Å². The maximum absolute atomic E-state index is 10.6. The van der Waals surface area contributed by atoms with Crippen molar-refractivity contribution < 1.29 is 4.79 Å². The van der Waals surface area contributed by atoms with E-state index in [1.54, 1.807) is 0 Å². The molecule has 0 aliphatic heterocycles. The number of carbonyl (C=O) groups is 1. The molecule has 74 valence electrons. The van der Waals surface area contributed by atoms with Crippen LogP contribution in [0.2, 0.25) is 0 Å². The lowest BCUT2D eigenvalue weighted by atomic mass is 10.1. The number of aldehydes is 1. The van der Waals surface area contributed by atoms with Gasteiger partial charge in [-0.1, -0.05) is 29.8 Å². The molecule has 1 nitrogen and oxygen atoms in total. The van der Waals surface area contributed by atoms with Crippen LogP contribution < -0.4 is 0 Å². The van der Waals surface area contributed by atoms with E-state index >= 15 is 0 Å². The van der Waals surface area contributed by atoms with E-state index in [9.17, 15) is 4.79 Å². The molecular formula is C12H13ClO. The monoisotopic (exact) mass is 208 g/mol. The Labute approximate surface area is 89.4 Å². The summed E-state index contributed by atoms with van der Waals surface area (Å²) < 4.78 is 0. The fourth-order valence-electron chi connectivity index (χ4n) is 1.15. The first-order valence-corrected chi connectivity index (χ1v) is 5.08. The molecule has 0 bridgehead atoms. The summed E-state index contributed by atoms with van der Waals surface area (Å²) in [5, 5.41) is 0. The fraction of sp³-hybridized carbons (Fsp3) is 0.250. The van der Waals surface area contributed by atoms with E-state index in [4.69, 9.17) is 11.6 Å². The standard InChI is InChI=1S/C12H13ClO/c1-10-2-4-11(5-3-10)8-12(9-14)6-7-13/h2-5,8-9H,6-7H2,1H3. The smallest absolute Gasteiger partial charge is 0.146 e. The summed E-state index contributed by atoms with van der Waals surface area (Å²) in [6.45, 7) is 2.03. The van der Waals surface area contributed by atoms with Crippen molar-refractivity contribution >= 4 is 24.0 Å². The lowest BCUT2D eigenvalue weighted by molar-refractivity contribution is -0.104. The Balaban J connectivity index is 2.83. The molecular weight excluding hydrogens is 196 g/mol. The van der Waals surface area contributed by atoms with Gasteiger partial charge in [-0.25, -0.2) is 0 Å². The maximum atomic E-state index is 10.6. The minimum atomic E-state index is 0.483. The molecule has 1 aromatic rings. The summed E-state index contributed by atoms with van der Waals surface area (Å²) in [5.41, 5.74) is 3.00. The molecule has 0 N–H and O–H groups in total. The minimum Gasteiger partial charge on any atom is -0.298 e. The topological polar surface area (TPSA) is 17.1 Å². The van der Waals surface area contributed by atoms with Crippen molar-refractivity contribution in [2.75, 3.05) is 5.88 Å². The van der Waals surface area contributed by atoms with Gasteiger partial charge in [0.25, 0.3) is 0 Å². The molecule has 0 amide bonds. The Bertz CT molecular complexity index is 325. The van der Waals surface area contributed by atoms with Crippen LogP contribution in [0.1, 0.15) is 17.5 Å². The summed E-state index contributed by atoms with van der Waals surface area (Å²) in [7, 11) is 0. The number of rotatable bonds is 4. The van der Waals surface area contributed by atoms with Crippen LogP contribution in [0.5, 0.6) is 0 Å². The van der Waals surface area contributed by atoms with Crippen molar-refractivity contribution in [2.24, 2.45) is 0 Å². The lowest BCUT2D eigenvalue weighted by Gasteiger charge is -1.97. The van der Waals surface area contributed by atoms with Gasteiger partial charge in [0.05, 0.1) is 0 Å². The number of halogens is 1. The normalized spacial score (nSPS) is 11.4. The van der Waals surface area contributed by atoms with Gasteiger partial charge in [0.15, 0.2) is 0 Å². The van der Waals surface area contributed by atoms with E-state index < -0.39 is 0 Å². The highest BCUT2D eigenvalue weighted by Gasteiger charge is 1.95. The van der Waals surface area contributed by atoms with Crippen molar-refractivity contribution in [1.82, 2.24) is 0 Å². The molecule has 0 fully saturated rings. The molecule has 0 spiro atoms. The van der Waals surface area contributed by atoms with Crippen LogP contribution >= 0.6 is 11.6 Å². The first-order chi connectivity index (χ1) is 6.76. The molecule has 1 rings (SSSR count). The van der Waals surface area contributed by atoms with Crippen LogP contribution in [0.4, 0.5) is 0 Å². The van der Waals surface area contributed by atoms with Gasteiger partial charge in [-0.3, -0.25) is 4.79 Å². The van der Waals surface area contributed by atoms with Crippen molar-refractivity contribution in [3.8, 4) is 0 Å². The van der Waals surface area contributed by atoms with Crippen LogP contribution in [-0.2, 0) is 4.79 Å². The molecule has 1 aromatic carbocycles. The summed E-state index contributed by atoms with van der Waals surface area (Å²) >= 11 is 5.57. The van der Waals surface area contributed by atoms with Crippen molar-refractivity contribution in [1.29, 1.82) is 0 Å². The average molecular weight is 209 g/mol. The SMILES string of the molecule is Cc1ccc(C=C(C=O)CCCl)cc1. The van der Waals surface area contributed by atoms with Gasteiger partial charge >= 0.3 is 0 Å². The third-order valence-corrected chi connectivity index (χ3v) is 2.15. The molecule has 2 heteroatoms. The molecule has 0 saturated carbocycles. The van der Waals surface area contributed by atoms with Gasteiger partial charge in [0.2, 0.25) is 0 Å². The van der Waals surface area contributed by atoms with Crippen molar-refractivity contribution in [3.63, 3.8) is 0 Å². The Morgan fingerprint density at radius 2 is 2.00 bits per heavy atom. The molecule has 0 heterocycles. The zero-order chi connectivity index (χ0) is 10.4. The molecule has 0 atom stereocenters. The van der Waals surface area contributed by atoms with E-state index in [0.717, 1.165) is 17.4 Å². The summed E-state index contributed by atoms with van der Waals surface area (Å²) in [6, 6.07) is 8.03. The van der Waals surface area contributed by atoms with E-state index in [2.05, 4.69) is 0 Å². The summed E-state index contributed by atoms with van der Waals surface area (Å²) in [5.74, 6) is 0.483. The number of benzene rings is 1. The largest absolute Gasteiger partial charge is 0.298 e. The molecule has 0 saturated heterocycles.